The van der Waals surface area contributed by atoms with E-state index in [1.807, 2.05) is 63.5 Å². The fraction of sp³-hybridized carbons (Fsp3) is 0.500. The molecule has 14 rings (SSSR count). The van der Waals surface area contributed by atoms with E-state index in [4.69, 9.17) is 4.74 Å². The molecule has 2 N–H and O–H groups in total. The lowest BCUT2D eigenvalue weighted by atomic mass is 9.75. The van der Waals surface area contributed by atoms with Crippen molar-refractivity contribution < 1.29 is 19.4 Å². The highest BCUT2D eigenvalue weighted by Gasteiger charge is 2.46. The molecule has 98 heavy (non-hydrogen) atoms. The minimum atomic E-state index is -0.994. The molecule has 524 valence electrons. The Morgan fingerprint density at radius 3 is 1.72 bits per heavy atom. The van der Waals surface area contributed by atoms with Crippen LogP contribution in [0.4, 0.5) is 0 Å². The summed E-state index contributed by atoms with van der Waals surface area (Å²) < 4.78 is 11.7. The third-order valence-electron chi connectivity index (χ3n) is 22.0. The third-order valence-corrected chi connectivity index (χ3v) is 22.0. The van der Waals surface area contributed by atoms with Crippen LogP contribution in [0, 0.1) is 32.1 Å². The summed E-state index contributed by atoms with van der Waals surface area (Å²) in [6, 6.07) is 28.3. The van der Waals surface area contributed by atoms with Crippen LogP contribution in [0.25, 0.3) is 32.7 Å². The fourth-order valence-corrected chi connectivity index (χ4v) is 17.8. The molecule has 2 fully saturated rings. The van der Waals surface area contributed by atoms with E-state index < -0.39 is 11.2 Å². The number of fused-ring (bicyclic) bond motifs is 9. The van der Waals surface area contributed by atoms with Crippen LogP contribution in [0.15, 0.2) is 142 Å². The number of piperidine rings is 2. The fourth-order valence-electron chi connectivity index (χ4n) is 17.8. The number of aryl methyl sites for hydroxylation is 3. The van der Waals surface area contributed by atoms with Gasteiger partial charge >= 0.3 is 0 Å². The number of carbonyl (C=O) groups is 2. The van der Waals surface area contributed by atoms with Gasteiger partial charge in [0.2, 0.25) is 0 Å². The van der Waals surface area contributed by atoms with E-state index >= 15 is 0 Å². The van der Waals surface area contributed by atoms with Crippen molar-refractivity contribution in [3.05, 3.63) is 203 Å². The molecule has 3 aromatic carbocycles. The third kappa shape index (κ3) is 15.6. The maximum Gasteiger partial charge on any atom is 0.141 e. The molecule has 6 aliphatic heterocycles. The van der Waals surface area contributed by atoms with E-state index in [1.54, 1.807) is 12.4 Å². The summed E-state index contributed by atoms with van der Waals surface area (Å²) in [6.45, 7) is 46.7. The molecule has 0 saturated carbocycles. The van der Waals surface area contributed by atoms with Crippen LogP contribution < -0.4 is 0 Å². The maximum atomic E-state index is 11.6. The molecule has 8 atom stereocenters. The largest absolute Gasteiger partial charge is 0.384 e. The number of ether oxygens (including phenoxy) is 1. The number of nitrogens with one attached hydrogen (secondary N) is 1. The van der Waals surface area contributed by atoms with Crippen molar-refractivity contribution in [2.75, 3.05) is 81.1 Å². The predicted molar refractivity (Wildman–Crippen MR) is 404 cm³/mol. The van der Waals surface area contributed by atoms with Crippen LogP contribution in [-0.2, 0) is 74.5 Å². The summed E-state index contributed by atoms with van der Waals surface area (Å²) in [4.78, 5) is 46.2. The van der Waals surface area contributed by atoms with Gasteiger partial charge in [-0.2, -0.15) is 0 Å². The summed E-state index contributed by atoms with van der Waals surface area (Å²) >= 11 is 0. The number of Topliss-reactive ketones (excluding diaryl/α,β-unsaturated/α-hetero) is 2. The second kappa shape index (κ2) is 29.6. The maximum absolute atomic E-state index is 11.6. The normalized spacial score (nSPS) is 26.6. The molecule has 2 saturated heterocycles. The number of benzene rings is 3. The number of H-pyrrole nitrogens is 1. The molecule has 8 aromatic rings. The number of allylic oxidation sites excluding steroid dienone is 3. The highest BCUT2D eigenvalue weighted by atomic mass is 16.5. The standard InChI is InChI=1S/2C25H31N3O.C17H22N2.C10H17NO.C7H13NO/c1-17-6-7-22-20(12-17)21-14-27(5)15-24(3)13-18(2)29-25(4,16-28(22)23(21)24)19-8-10-26-11-9-19;1-6-11-24(3)16-27(5)15-21-20-14-18(2)7-8-22(20)28(23(21)24)17-25(4,29)19-9-12-26-13-10-19;1-5-8-17(3)11-19(4)10-14-13-9-12(2)6-7-15(13)18-16(14)17;1-4-6-10(2)8-11(3)7-5-9(10)12;1-6-5-8(2)4-3-7(6)9/h6-12,18H,13-16H2,1-5H3;6-10,12-14,29H,1,11,15-17H2,2-5H3;5-7,9,18H,1,8,10-11H2,2-4H3;4H,1,5-8H2,2-3H3;6H,3-5H2,1-2H3. The number of carbonyl (C=O) groups excluding carboxylic acids is 2. The Bertz CT molecular complexity index is 4180. The zero-order chi connectivity index (χ0) is 70.9. The van der Waals surface area contributed by atoms with Crippen LogP contribution in [0.2, 0.25) is 0 Å². The Balaban J connectivity index is 0.000000141. The van der Waals surface area contributed by atoms with Crippen LogP contribution >= 0.6 is 0 Å². The number of nitrogens with zero attached hydrogens (tertiary/aromatic N) is 9. The molecule has 0 amide bonds. The van der Waals surface area contributed by atoms with Crippen molar-refractivity contribution in [1.29, 1.82) is 0 Å². The van der Waals surface area contributed by atoms with Gasteiger partial charge in [0.05, 0.1) is 19.2 Å². The average molecular weight is 1330 g/mol. The molecular weight excluding hydrogens is 1210 g/mol. The zero-order valence-corrected chi connectivity index (χ0v) is 62.2. The van der Waals surface area contributed by atoms with Crippen LogP contribution in [0.5, 0.6) is 0 Å². The van der Waals surface area contributed by atoms with Gasteiger partial charge in [0, 0.05) is 180 Å². The minimum absolute atomic E-state index is 0.0503. The summed E-state index contributed by atoms with van der Waals surface area (Å²) in [5, 5.41) is 15.5. The SMILES string of the molecule is C=CCC1(C)CN(C)CCC1=O.C=CCC1(C)CN(C)Cc2c1[nH]c1ccc(C)cc21.C=CCC1(C)CN(C)Cc2c1n(CC(C)(O)c1ccncc1)c1ccc(C)cc21.CC1CN(C)CCC1=O.Cc1ccc2c(c1)c1c3n2CC(C)(c2ccncc2)OC(C)CC3(C)CN(C)C1. The molecule has 6 aliphatic rings. The second-order valence-corrected chi connectivity index (χ2v) is 32.0. The number of hydrogen-bond donors (Lipinski definition) is 2. The lowest BCUT2D eigenvalue weighted by Crippen LogP contribution is -2.49. The number of hydrogen-bond acceptors (Lipinski definition) is 11. The van der Waals surface area contributed by atoms with Gasteiger partial charge in [-0.3, -0.25) is 19.6 Å². The van der Waals surface area contributed by atoms with Gasteiger partial charge in [-0.1, -0.05) is 87.7 Å². The van der Waals surface area contributed by atoms with E-state index in [9.17, 15) is 14.7 Å². The summed E-state index contributed by atoms with van der Waals surface area (Å²) in [6.07, 6.45) is 18.5. The number of likely N-dealkylation sites (N-methyl/N-ethyl adjacent to an activating group) is 3. The van der Waals surface area contributed by atoms with Gasteiger partial charge in [-0.15, -0.1) is 19.7 Å². The average Bonchev–Trinajstić information content (AvgIpc) is 1.56. The van der Waals surface area contributed by atoms with Crippen molar-refractivity contribution in [2.45, 2.75) is 181 Å². The molecular formula is C84H114N10O4. The van der Waals surface area contributed by atoms with E-state index in [0.29, 0.717) is 24.5 Å². The first-order chi connectivity index (χ1) is 46.4. The quantitative estimate of drug-likeness (QED) is 0.127. The van der Waals surface area contributed by atoms with Crippen molar-refractivity contribution >= 4 is 44.3 Å². The van der Waals surface area contributed by atoms with E-state index in [2.05, 4.69) is 226 Å². The lowest BCUT2D eigenvalue weighted by Gasteiger charge is -2.46. The topological polar surface area (TPSA) is 131 Å². The van der Waals surface area contributed by atoms with E-state index in [-0.39, 0.29) is 33.7 Å². The van der Waals surface area contributed by atoms with Gasteiger partial charge < -0.3 is 48.5 Å². The Hall–Kier alpha value is -7.14. The van der Waals surface area contributed by atoms with Gasteiger partial charge in [-0.25, -0.2) is 0 Å². The first kappa shape index (κ1) is 73.6. The number of likely N-dealkylation sites (tertiary alicyclic amines) is 2. The monoisotopic (exact) mass is 1330 g/mol. The number of ketones is 2. The molecule has 8 unspecified atom stereocenters. The predicted octanol–water partition coefficient (Wildman–Crippen LogP) is 15.1. The molecule has 0 spiro atoms. The summed E-state index contributed by atoms with van der Waals surface area (Å²) in [7, 11) is 10.8. The number of aromatic amines is 1. The minimum Gasteiger partial charge on any atom is -0.384 e. The molecule has 0 aliphatic carbocycles. The van der Waals surface area contributed by atoms with Gasteiger partial charge in [-0.05, 0) is 191 Å². The van der Waals surface area contributed by atoms with Crippen LogP contribution in [0.3, 0.4) is 0 Å². The van der Waals surface area contributed by atoms with Gasteiger partial charge in [0.15, 0.2) is 0 Å². The van der Waals surface area contributed by atoms with Gasteiger partial charge in [0.1, 0.15) is 22.8 Å². The molecule has 14 heteroatoms. The smallest absolute Gasteiger partial charge is 0.141 e. The first-order valence-electron chi connectivity index (χ1n) is 35.7. The first-order valence-corrected chi connectivity index (χ1v) is 35.7. The molecule has 0 bridgehead atoms. The highest BCUT2D eigenvalue weighted by Crippen LogP contribution is 2.48. The summed E-state index contributed by atoms with van der Waals surface area (Å²) in [5.41, 5.74) is 17.0. The molecule has 5 aromatic heterocycles. The van der Waals surface area contributed by atoms with Crippen molar-refractivity contribution in [3.63, 3.8) is 0 Å². The lowest BCUT2D eigenvalue weighted by molar-refractivity contribution is -0.132. The number of rotatable bonds is 10. The highest BCUT2D eigenvalue weighted by molar-refractivity contribution is 5.89. The molecule has 0 radical (unpaired) electrons. The van der Waals surface area contributed by atoms with Crippen molar-refractivity contribution in [2.24, 2.45) is 11.3 Å². The van der Waals surface area contributed by atoms with Crippen molar-refractivity contribution in [3.8, 4) is 0 Å². The van der Waals surface area contributed by atoms with Crippen LogP contribution in [-0.4, -0.2) is 152 Å². The number of pyridine rings is 2. The Morgan fingerprint density at radius 2 is 1.11 bits per heavy atom. The molecule has 11 heterocycles. The van der Waals surface area contributed by atoms with Gasteiger partial charge in [0.25, 0.3) is 0 Å². The Labute approximate surface area is 585 Å². The van der Waals surface area contributed by atoms with Crippen molar-refractivity contribution in [1.82, 2.24) is 48.6 Å². The van der Waals surface area contributed by atoms with E-state index in [1.165, 1.54) is 88.7 Å². The molecule has 14 nitrogen and oxygen atoms in total. The Kier molecular flexibility index (Phi) is 22.2. The Morgan fingerprint density at radius 1 is 0.602 bits per heavy atom. The summed E-state index contributed by atoms with van der Waals surface area (Å²) in [5.74, 6) is 1.08. The van der Waals surface area contributed by atoms with Crippen LogP contribution in [0.1, 0.15) is 156 Å². The zero-order valence-electron chi connectivity index (χ0n) is 62.2. The second-order valence-electron chi connectivity index (χ2n) is 32.0. The number of aliphatic hydroxyl groups is 1. The van der Waals surface area contributed by atoms with E-state index in [0.717, 1.165) is 110 Å². The number of aromatic nitrogens is 5.